The van der Waals surface area contributed by atoms with Crippen molar-refractivity contribution in [2.24, 2.45) is 27.9 Å². The van der Waals surface area contributed by atoms with E-state index in [1.807, 2.05) is 6.07 Å². The highest BCUT2D eigenvalue weighted by Gasteiger charge is 2.58. The van der Waals surface area contributed by atoms with Crippen LogP contribution in [0.3, 0.4) is 0 Å². The predicted molar refractivity (Wildman–Crippen MR) is 92.6 cm³/mol. The van der Waals surface area contributed by atoms with Crippen molar-refractivity contribution in [2.75, 3.05) is 6.54 Å². The van der Waals surface area contributed by atoms with E-state index in [0.717, 1.165) is 32.1 Å². The monoisotopic (exact) mass is 316 g/mol. The maximum absolute atomic E-state index is 11.4. The van der Waals surface area contributed by atoms with Gasteiger partial charge < -0.3 is 22.0 Å². The van der Waals surface area contributed by atoms with Crippen LogP contribution in [0.2, 0.25) is 0 Å². The Balaban J connectivity index is 1.72. The molecule has 1 aromatic rings. The Hall–Kier alpha value is -1.75. The van der Waals surface area contributed by atoms with Crippen LogP contribution in [0.4, 0.5) is 0 Å². The molecule has 4 atom stereocenters. The average molecular weight is 316 g/mol. The lowest BCUT2D eigenvalue weighted by molar-refractivity contribution is -0.104. The summed E-state index contributed by atoms with van der Waals surface area (Å²) in [6.45, 7) is 2.95. The third kappa shape index (κ3) is 2.90. The minimum atomic E-state index is -0.587. The number of fused-ring (bicyclic) bond motifs is 1. The second-order valence-electron chi connectivity index (χ2n) is 7.43. The van der Waals surface area contributed by atoms with Gasteiger partial charge in [0.25, 0.3) is 0 Å². The van der Waals surface area contributed by atoms with E-state index in [-0.39, 0.29) is 11.4 Å². The number of aliphatic hydroxyl groups is 1. The first kappa shape index (κ1) is 16.1. The molecule has 1 aromatic carbocycles. The molecule has 5 heteroatoms. The van der Waals surface area contributed by atoms with Crippen LogP contribution in [0.5, 0.6) is 0 Å². The molecular formula is C18H28N4O. The molecule has 2 aliphatic carbocycles. The van der Waals surface area contributed by atoms with Crippen molar-refractivity contribution in [2.45, 2.75) is 50.5 Å². The third-order valence-electron chi connectivity index (χ3n) is 6.28. The smallest absolute Gasteiger partial charge is 0.208 e. The van der Waals surface area contributed by atoms with Crippen LogP contribution < -0.4 is 16.9 Å². The first-order valence-corrected chi connectivity index (χ1v) is 8.53. The second kappa shape index (κ2) is 6.04. The van der Waals surface area contributed by atoms with Crippen molar-refractivity contribution in [3.05, 3.63) is 35.9 Å². The highest BCUT2D eigenvalue weighted by molar-refractivity contribution is 5.75. The molecule has 3 rings (SSSR count). The van der Waals surface area contributed by atoms with Crippen molar-refractivity contribution >= 4 is 5.96 Å². The van der Waals surface area contributed by atoms with E-state index < -0.39 is 5.60 Å². The number of hydrogen-bond acceptors (Lipinski definition) is 3. The molecule has 0 spiro atoms. The molecule has 0 heterocycles. The zero-order valence-electron chi connectivity index (χ0n) is 13.8. The van der Waals surface area contributed by atoms with Gasteiger partial charge in [-0.05, 0) is 49.5 Å². The molecule has 6 N–H and O–H groups in total. The number of nitrogens with two attached hydrogens (primary N) is 2. The Morgan fingerprint density at radius 2 is 2.00 bits per heavy atom. The Morgan fingerprint density at radius 1 is 1.26 bits per heavy atom. The van der Waals surface area contributed by atoms with Crippen LogP contribution >= 0.6 is 0 Å². The molecule has 23 heavy (non-hydrogen) atoms. The van der Waals surface area contributed by atoms with Crippen molar-refractivity contribution in [1.29, 1.82) is 0 Å². The largest absolute Gasteiger partial charge is 0.389 e. The molecule has 126 valence electrons. The van der Waals surface area contributed by atoms with Gasteiger partial charge in [-0.2, -0.15) is 0 Å². The maximum Gasteiger partial charge on any atom is 0.208 e. The second-order valence-corrected chi connectivity index (χ2v) is 7.43. The van der Waals surface area contributed by atoms with Gasteiger partial charge in [-0.1, -0.05) is 37.3 Å². The number of benzene rings is 1. The van der Waals surface area contributed by atoms with Crippen molar-refractivity contribution < 1.29 is 5.11 Å². The lowest BCUT2D eigenvalue weighted by Crippen LogP contribution is -2.50. The standard InChI is InChI=1S/C18H28N4O/c1-17-9-7-14(13-5-3-2-4-6-13)11-18(17,23)10-8-15(17)12-21-22-16(19)20/h2-6,14-15,21,23H,7-12H2,1H3,(H4,19,20,22). The van der Waals surface area contributed by atoms with Gasteiger partial charge in [-0.3, -0.25) is 0 Å². The lowest BCUT2D eigenvalue weighted by Gasteiger charge is -2.49. The number of nitrogens with zero attached hydrogens (tertiary/aromatic N) is 1. The van der Waals surface area contributed by atoms with Gasteiger partial charge in [0.2, 0.25) is 5.96 Å². The summed E-state index contributed by atoms with van der Waals surface area (Å²) in [6.07, 6.45) is 4.90. The Morgan fingerprint density at radius 3 is 2.70 bits per heavy atom. The minimum absolute atomic E-state index is 0.0520. The molecule has 0 amide bonds. The first-order chi connectivity index (χ1) is 10.9. The fourth-order valence-electron chi connectivity index (χ4n) is 4.74. The van der Waals surface area contributed by atoms with Gasteiger partial charge in [0.05, 0.1) is 5.60 Å². The first-order valence-electron chi connectivity index (χ1n) is 8.53. The van der Waals surface area contributed by atoms with Crippen LogP contribution in [0, 0.1) is 11.3 Å². The summed E-state index contributed by atoms with van der Waals surface area (Å²) in [5.41, 5.74) is 14.4. The number of nitrogens with one attached hydrogen (secondary N) is 1. The summed E-state index contributed by atoms with van der Waals surface area (Å²) in [4.78, 5) is 0. The normalized spacial score (nSPS) is 36.3. The van der Waals surface area contributed by atoms with E-state index in [9.17, 15) is 5.11 Å². The summed E-state index contributed by atoms with van der Waals surface area (Å²) in [5, 5.41) is 15.3. The maximum atomic E-state index is 11.4. The van der Waals surface area contributed by atoms with Gasteiger partial charge in [0, 0.05) is 12.0 Å². The molecule has 2 fully saturated rings. The summed E-state index contributed by atoms with van der Waals surface area (Å²) >= 11 is 0. The number of rotatable bonds is 4. The Kier molecular flexibility index (Phi) is 4.23. The molecule has 2 aliphatic rings. The van der Waals surface area contributed by atoms with Gasteiger partial charge >= 0.3 is 0 Å². The van der Waals surface area contributed by atoms with Gasteiger partial charge in [0.1, 0.15) is 0 Å². The van der Waals surface area contributed by atoms with Crippen molar-refractivity contribution in [3.8, 4) is 0 Å². The summed E-state index contributed by atoms with van der Waals surface area (Å²) in [5.74, 6) is 0.905. The molecule has 0 bridgehead atoms. The molecule has 0 saturated heterocycles. The van der Waals surface area contributed by atoms with E-state index >= 15 is 0 Å². The zero-order chi connectivity index (χ0) is 16.5. The highest BCUT2D eigenvalue weighted by Crippen LogP contribution is 2.60. The summed E-state index contributed by atoms with van der Waals surface area (Å²) in [7, 11) is 0. The van der Waals surface area contributed by atoms with E-state index in [1.54, 1.807) is 0 Å². The quantitative estimate of drug-likeness (QED) is 0.387. The predicted octanol–water partition coefficient (Wildman–Crippen LogP) is 1.88. The lowest BCUT2D eigenvalue weighted by atomic mass is 9.59. The summed E-state index contributed by atoms with van der Waals surface area (Å²) in [6, 6.07) is 10.6. The minimum Gasteiger partial charge on any atom is -0.389 e. The number of guanidine groups is 1. The molecule has 0 aromatic heterocycles. The van der Waals surface area contributed by atoms with E-state index in [2.05, 4.69) is 41.7 Å². The fourth-order valence-corrected chi connectivity index (χ4v) is 4.74. The van der Waals surface area contributed by atoms with Gasteiger partial charge in [0.15, 0.2) is 0 Å². The Labute approximate surface area is 138 Å². The van der Waals surface area contributed by atoms with Crippen LogP contribution in [-0.2, 0) is 0 Å². The van der Waals surface area contributed by atoms with Crippen LogP contribution in [0.1, 0.15) is 50.5 Å². The molecule has 0 radical (unpaired) electrons. The van der Waals surface area contributed by atoms with Crippen LogP contribution in [-0.4, -0.2) is 23.2 Å². The molecule has 5 nitrogen and oxygen atoms in total. The Bertz CT molecular complexity index is 572. The number of hydrazone groups is 1. The summed E-state index contributed by atoms with van der Waals surface area (Å²) < 4.78 is 0. The molecule has 0 aliphatic heterocycles. The number of hydrogen-bond donors (Lipinski definition) is 4. The van der Waals surface area contributed by atoms with Gasteiger partial charge in [-0.25, -0.2) is 0 Å². The SMILES string of the molecule is CC12CCC(c3ccccc3)CC1(O)CCC2CNN=C(N)N. The topological polar surface area (TPSA) is 96.7 Å². The molecular weight excluding hydrogens is 288 g/mol. The molecule has 2 saturated carbocycles. The third-order valence-corrected chi connectivity index (χ3v) is 6.28. The average Bonchev–Trinajstić information content (AvgIpc) is 2.79. The van der Waals surface area contributed by atoms with E-state index in [4.69, 9.17) is 11.5 Å². The van der Waals surface area contributed by atoms with Crippen molar-refractivity contribution in [1.82, 2.24) is 5.43 Å². The fraction of sp³-hybridized carbons (Fsp3) is 0.611. The van der Waals surface area contributed by atoms with E-state index in [0.29, 0.717) is 18.4 Å². The zero-order valence-corrected chi connectivity index (χ0v) is 13.8. The van der Waals surface area contributed by atoms with Crippen LogP contribution in [0.25, 0.3) is 0 Å². The van der Waals surface area contributed by atoms with E-state index in [1.165, 1.54) is 5.56 Å². The van der Waals surface area contributed by atoms with Crippen molar-refractivity contribution in [3.63, 3.8) is 0 Å². The van der Waals surface area contributed by atoms with Gasteiger partial charge in [-0.15, -0.1) is 5.10 Å². The molecule has 4 unspecified atom stereocenters. The van der Waals surface area contributed by atoms with Crippen LogP contribution in [0.15, 0.2) is 35.4 Å². The highest BCUT2D eigenvalue weighted by atomic mass is 16.3.